The number of amides is 2. The lowest BCUT2D eigenvalue weighted by Crippen LogP contribution is -2.32. The maximum atomic E-state index is 10.6. The van der Waals surface area contributed by atoms with Crippen molar-refractivity contribution in [1.82, 2.24) is 10.6 Å². The number of carboxylic acid groups (broad SMARTS) is 1. The lowest BCUT2D eigenvalue weighted by Gasteiger charge is -2.05. The number of guanidine groups is 1. The molecule has 0 aromatic carbocycles. The van der Waals surface area contributed by atoms with E-state index in [-0.39, 0.29) is 0 Å². The molecule has 158 valence electrons. The van der Waals surface area contributed by atoms with E-state index >= 15 is 0 Å². The van der Waals surface area contributed by atoms with Crippen molar-refractivity contribution in [2.24, 2.45) is 22.4 Å². The van der Waals surface area contributed by atoms with Crippen molar-refractivity contribution < 1.29 is 27.9 Å². The molecule has 0 radical (unpaired) electrons. The van der Waals surface area contributed by atoms with Gasteiger partial charge in [0.2, 0.25) is 0 Å². The summed E-state index contributed by atoms with van der Waals surface area (Å²) in [6.45, 7) is 2.48. The van der Waals surface area contributed by atoms with E-state index in [1.54, 1.807) is 0 Å². The van der Waals surface area contributed by atoms with Gasteiger partial charge in [0.05, 0.1) is 0 Å². The summed E-state index contributed by atoms with van der Waals surface area (Å²) in [6.07, 6.45) is 4.42. The normalized spacial score (nSPS) is 14.1. The van der Waals surface area contributed by atoms with Gasteiger partial charge in [-0.15, -0.1) is 0 Å². The van der Waals surface area contributed by atoms with Crippen LogP contribution in [0, 0.1) is 5.92 Å². The van der Waals surface area contributed by atoms with Gasteiger partial charge in [0.25, 0.3) is 0 Å². The van der Waals surface area contributed by atoms with Crippen molar-refractivity contribution >= 4 is 18.0 Å². The Labute approximate surface area is 157 Å². The predicted octanol–water partition coefficient (Wildman–Crippen LogP) is 1.94. The topological polar surface area (TPSA) is 143 Å². The van der Waals surface area contributed by atoms with Gasteiger partial charge in [-0.05, 0) is 31.6 Å². The van der Waals surface area contributed by atoms with E-state index in [9.17, 15) is 18.0 Å². The van der Waals surface area contributed by atoms with Crippen LogP contribution in [-0.2, 0) is 4.79 Å². The summed E-state index contributed by atoms with van der Waals surface area (Å²) in [7, 11) is 0. The van der Waals surface area contributed by atoms with Gasteiger partial charge in [0, 0.05) is 19.6 Å². The van der Waals surface area contributed by atoms with E-state index in [4.69, 9.17) is 21.4 Å². The first-order valence-electron chi connectivity index (χ1n) is 9.00. The number of rotatable bonds is 11. The minimum Gasteiger partial charge on any atom is -0.475 e. The number of halogens is 3. The molecule has 0 aliphatic heterocycles. The first-order chi connectivity index (χ1) is 12.6. The molecule has 8 nitrogen and oxygen atoms in total. The summed E-state index contributed by atoms with van der Waals surface area (Å²) in [5, 5.41) is 12.9. The zero-order chi connectivity index (χ0) is 20.7. The summed E-state index contributed by atoms with van der Waals surface area (Å²) in [5.74, 6) is -1.37. The van der Waals surface area contributed by atoms with Crippen molar-refractivity contribution in [3.8, 4) is 0 Å². The summed E-state index contributed by atoms with van der Waals surface area (Å²) in [4.78, 5) is 23.6. The van der Waals surface area contributed by atoms with E-state index in [0.29, 0.717) is 12.5 Å². The number of carbonyl (C=O) groups excluding carboxylic acids is 1. The number of primary amides is 1. The molecule has 27 heavy (non-hydrogen) atoms. The molecule has 1 aliphatic rings. The Morgan fingerprint density at radius 2 is 1.41 bits per heavy atom. The molecule has 7 N–H and O–H groups in total. The molecule has 0 bridgehead atoms. The largest absolute Gasteiger partial charge is 0.490 e. The van der Waals surface area contributed by atoms with Gasteiger partial charge in [-0.1, -0.05) is 25.7 Å². The van der Waals surface area contributed by atoms with Crippen molar-refractivity contribution in [2.75, 3.05) is 19.6 Å². The Morgan fingerprint density at radius 1 is 0.963 bits per heavy atom. The minimum atomic E-state index is -5.08. The van der Waals surface area contributed by atoms with Crippen LogP contribution in [0.2, 0.25) is 0 Å². The summed E-state index contributed by atoms with van der Waals surface area (Å²) >= 11 is 0. The fourth-order valence-electron chi connectivity index (χ4n) is 1.97. The second kappa shape index (κ2) is 13.9. The van der Waals surface area contributed by atoms with Crippen LogP contribution in [-0.4, -0.2) is 48.9 Å². The van der Waals surface area contributed by atoms with Crippen LogP contribution in [0.15, 0.2) is 4.99 Å². The molecule has 0 saturated heterocycles. The Balaban J connectivity index is 0.000000821. The van der Waals surface area contributed by atoms with Crippen molar-refractivity contribution in [3.05, 3.63) is 0 Å². The van der Waals surface area contributed by atoms with E-state index in [1.807, 2.05) is 0 Å². The third-order valence-electron chi connectivity index (χ3n) is 3.67. The van der Waals surface area contributed by atoms with Gasteiger partial charge in [-0.3, -0.25) is 4.99 Å². The number of nitrogens with zero attached hydrogens (tertiary/aromatic N) is 1. The van der Waals surface area contributed by atoms with Crippen molar-refractivity contribution in [3.63, 3.8) is 0 Å². The number of hydrogen-bond donors (Lipinski definition) is 5. The van der Waals surface area contributed by atoms with Crippen LogP contribution in [0.5, 0.6) is 0 Å². The summed E-state index contributed by atoms with van der Waals surface area (Å²) in [5.41, 5.74) is 10.7. The molecular formula is C16H30F3N5O3. The van der Waals surface area contributed by atoms with Gasteiger partial charge in [0.1, 0.15) is 0 Å². The lowest BCUT2D eigenvalue weighted by molar-refractivity contribution is -0.192. The third kappa shape index (κ3) is 18.4. The van der Waals surface area contributed by atoms with E-state index in [2.05, 4.69) is 15.6 Å². The van der Waals surface area contributed by atoms with Gasteiger partial charge >= 0.3 is 18.2 Å². The average Bonchev–Trinajstić information content (AvgIpc) is 3.38. The number of alkyl halides is 3. The molecule has 11 heteroatoms. The third-order valence-corrected chi connectivity index (χ3v) is 3.67. The van der Waals surface area contributed by atoms with Gasteiger partial charge in [-0.25, -0.2) is 9.59 Å². The number of carboxylic acids is 1. The van der Waals surface area contributed by atoms with E-state index in [0.717, 1.165) is 38.3 Å². The fourth-order valence-corrected chi connectivity index (χ4v) is 1.97. The molecule has 0 aromatic rings. The molecule has 0 aromatic heterocycles. The lowest BCUT2D eigenvalue weighted by atomic mass is 10.1. The molecule has 2 amide bonds. The highest BCUT2D eigenvalue weighted by Gasteiger charge is 2.38. The first-order valence-corrected chi connectivity index (χ1v) is 9.00. The monoisotopic (exact) mass is 397 g/mol. The molecule has 1 fully saturated rings. The molecule has 0 heterocycles. The van der Waals surface area contributed by atoms with Gasteiger partial charge in [0.15, 0.2) is 5.96 Å². The van der Waals surface area contributed by atoms with Crippen LogP contribution in [0.4, 0.5) is 18.0 Å². The zero-order valence-electron chi connectivity index (χ0n) is 15.4. The quantitative estimate of drug-likeness (QED) is 0.206. The maximum Gasteiger partial charge on any atom is 0.490 e. The van der Waals surface area contributed by atoms with E-state index in [1.165, 1.54) is 32.1 Å². The molecule has 1 rings (SSSR count). The minimum absolute atomic E-state index is 0.433. The number of aliphatic carboxylic acids is 1. The Kier molecular flexibility index (Phi) is 12.8. The van der Waals surface area contributed by atoms with Crippen LogP contribution < -0.4 is 22.1 Å². The number of nitrogens with two attached hydrogens (primary N) is 2. The number of urea groups is 1. The SMILES string of the molecule is NC(=O)NCCCCCCCCNC(N)=NCC1CC1.O=C(O)C(F)(F)F. The van der Waals surface area contributed by atoms with Crippen LogP contribution in [0.25, 0.3) is 0 Å². The maximum absolute atomic E-state index is 10.6. The summed E-state index contributed by atoms with van der Waals surface area (Å²) in [6, 6.07) is -0.433. The standard InChI is InChI=1S/C14H29N5O.C2HF3O2/c15-13(19-11-12-7-8-12)17-9-5-3-1-2-4-6-10-18-14(16)20;3-2(4,5)1(6)7/h12H,1-11H2,(H3,15,17,19)(H3,16,18,20);(H,6,7). The van der Waals surface area contributed by atoms with Crippen LogP contribution in [0.3, 0.4) is 0 Å². The molecule has 1 aliphatic carbocycles. The number of nitrogens with one attached hydrogen (secondary N) is 2. The number of carbonyl (C=O) groups is 2. The highest BCUT2D eigenvalue weighted by Crippen LogP contribution is 2.28. The van der Waals surface area contributed by atoms with Crippen LogP contribution in [0.1, 0.15) is 51.4 Å². The Bertz CT molecular complexity index is 469. The average molecular weight is 397 g/mol. The second-order valence-corrected chi connectivity index (χ2v) is 6.31. The fraction of sp³-hybridized carbons (Fsp3) is 0.812. The molecule has 1 saturated carbocycles. The number of hydrogen-bond acceptors (Lipinski definition) is 3. The van der Waals surface area contributed by atoms with E-state index < -0.39 is 18.2 Å². The molecule has 0 unspecified atom stereocenters. The molecular weight excluding hydrogens is 367 g/mol. The molecule has 0 spiro atoms. The number of unbranched alkanes of at least 4 members (excludes halogenated alkanes) is 5. The second-order valence-electron chi connectivity index (χ2n) is 6.31. The summed E-state index contributed by atoms with van der Waals surface area (Å²) < 4.78 is 31.7. The van der Waals surface area contributed by atoms with Gasteiger partial charge in [-0.2, -0.15) is 13.2 Å². The first kappa shape index (κ1) is 24.8. The van der Waals surface area contributed by atoms with Crippen molar-refractivity contribution in [1.29, 1.82) is 0 Å². The number of aliphatic imine (C=N–C) groups is 1. The predicted molar refractivity (Wildman–Crippen MR) is 96.2 cm³/mol. The highest BCUT2D eigenvalue weighted by molar-refractivity contribution is 5.77. The highest BCUT2D eigenvalue weighted by atomic mass is 19.4. The van der Waals surface area contributed by atoms with Gasteiger partial charge < -0.3 is 27.2 Å². The van der Waals surface area contributed by atoms with Crippen LogP contribution >= 0.6 is 0 Å². The smallest absolute Gasteiger partial charge is 0.475 e. The molecule has 0 atom stereocenters. The Morgan fingerprint density at radius 3 is 1.81 bits per heavy atom. The Hall–Kier alpha value is -2.20. The van der Waals surface area contributed by atoms with Crippen molar-refractivity contribution in [2.45, 2.75) is 57.5 Å². The zero-order valence-corrected chi connectivity index (χ0v) is 15.4.